The lowest BCUT2D eigenvalue weighted by atomic mass is 9.75. The number of likely N-dealkylation sites (tertiary alicyclic amines) is 1. The van der Waals surface area contributed by atoms with Crippen molar-refractivity contribution in [1.29, 1.82) is 0 Å². The zero-order valence-electron chi connectivity index (χ0n) is 10.9. The van der Waals surface area contributed by atoms with Crippen LogP contribution in [0.1, 0.15) is 18.4 Å². The molecule has 0 saturated carbocycles. The van der Waals surface area contributed by atoms with Crippen LogP contribution in [-0.2, 0) is 5.41 Å². The highest BCUT2D eigenvalue weighted by atomic mass is 19.1. The second-order valence-electron chi connectivity index (χ2n) is 5.13. The summed E-state index contributed by atoms with van der Waals surface area (Å²) in [5.74, 6) is -0.118. The first-order valence-corrected chi connectivity index (χ1v) is 6.25. The Morgan fingerprint density at radius 2 is 2.28 bits per heavy atom. The van der Waals surface area contributed by atoms with Crippen molar-refractivity contribution in [2.45, 2.75) is 18.3 Å². The van der Waals surface area contributed by atoms with Crippen molar-refractivity contribution in [1.82, 2.24) is 4.90 Å². The van der Waals surface area contributed by atoms with Crippen LogP contribution in [0, 0.1) is 5.82 Å². The van der Waals surface area contributed by atoms with Crippen molar-refractivity contribution in [2.75, 3.05) is 33.9 Å². The molecule has 1 heterocycles. The van der Waals surface area contributed by atoms with Crippen molar-refractivity contribution in [3.05, 3.63) is 29.6 Å². The van der Waals surface area contributed by atoms with Crippen LogP contribution in [0.3, 0.4) is 0 Å². The molecule has 2 rings (SSSR count). The van der Waals surface area contributed by atoms with Gasteiger partial charge in [-0.2, -0.15) is 0 Å². The molecule has 100 valence electrons. The van der Waals surface area contributed by atoms with Crippen molar-refractivity contribution >= 4 is 0 Å². The van der Waals surface area contributed by atoms with Gasteiger partial charge in [-0.3, -0.25) is 0 Å². The van der Waals surface area contributed by atoms with E-state index in [4.69, 9.17) is 4.74 Å². The fourth-order valence-electron chi connectivity index (χ4n) is 2.81. The number of likely N-dealkylation sites (N-methyl/N-ethyl adjacent to an activating group) is 1. The molecule has 1 N–H and O–H groups in total. The number of halogens is 1. The van der Waals surface area contributed by atoms with Gasteiger partial charge in [0, 0.05) is 12.0 Å². The summed E-state index contributed by atoms with van der Waals surface area (Å²) in [7, 11) is 3.48. The Morgan fingerprint density at radius 3 is 2.83 bits per heavy atom. The number of aliphatic hydroxyl groups excluding tert-OH is 1. The van der Waals surface area contributed by atoms with Crippen LogP contribution < -0.4 is 4.74 Å². The number of hydrogen-bond acceptors (Lipinski definition) is 3. The number of methoxy groups -OCH3 is 1. The number of piperidine rings is 1. The smallest absolute Gasteiger partial charge is 0.165 e. The predicted molar refractivity (Wildman–Crippen MR) is 68.4 cm³/mol. The van der Waals surface area contributed by atoms with E-state index in [0.29, 0.717) is 0 Å². The summed E-state index contributed by atoms with van der Waals surface area (Å²) in [6.45, 7) is 1.83. The molecule has 1 fully saturated rings. The lowest BCUT2D eigenvalue weighted by Crippen LogP contribution is -2.46. The first kappa shape index (κ1) is 13.3. The molecule has 0 amide bonds. The minimum atomic E-state index is -0.365. The molecule has 4 heteroatoms. The van der Waals surface area contributed by atoms with Crippen LogP contribution >= 0.6 is 0 Å². The maximum atomic E-state index is 13.8. The highest BCUT2D eigenvalue weighted by Gasteiger charge is 2.36. The van der Waals surface area contributed by atoms with Crippen molar-refractivity contribution in [3.8, 4) is 5.75 Å². The van der Waals surface area contributed by atoms with Crippen LogP contribution in [0.25, 0.3) is 0 Å². The number of ether oxygens (including phenoxy) is 1. The van der Waals surface area contributed by atoms with Crippen LogP contribution in [0.4, 0.5) is 4.39 Å². The molecule has 0 radical (unpaired) electrons. The molecule has 1 unspecified atom stereocenters. The van der Waals surface area contributed by atoms with E-state index in [9.17, 15) is 9.50 Å². The van der Waals surface area contributed by atoms with Crippen molar-refractivity contribution in [2.24, 2.45) is 0 Å². The van der Waals surface area contributed by atoms with Gasteiger partial charge in [0.2, 0.25) is 0 Å². The number of benzene rings is 1. The van der Waals surface area contributed by atoms with Crippen LogP contribution in [0.15, 0.2) is 18.2 Å². The van der Waals surface area contributed by atoms with Gasteiger partial charge in [0.15, 0.2) is 11.6 Å². The zero-order chi connectivity index (χ0) is 13.2. The maximum absolute atomic E-state index is 13.8. The van der Waals surface area contributed by atoms with E-state index in [-0.39, 0.29) is 23.6 Å². The van der Waals surface area contributed by atoms with Gasteiger partial charge >= 0.3 is 0 Å². The highest BCUT2D eigenvalue weighted by Crippen LogP contribution is 2.35. The van der Waals surface area contributed by atoms with Gasteiger partial charge < -0.3 is 14.7 Å². The van der Waals surface area contributed by atoms with Gasteiger partial charge in [0.05, 0.1) is 13.7 Å². The Bertz CT molecular complexity index is 424. The summed E-state index contributed by atoms with van der Waals surface area (Å²) < 4.78 is 18.7. The molecular weight excluding hydrogens is 233 g/mol. The average Bonchev–Trinajstić information content (AvgIpc) is 2.38. The van der Waals surface area contributed by atoms with Gasteiger partial charge in [-0.1, -0.05) is 6.07 Å². The molecule has 1 aromatic rings. The number of rotatable bonds is 3. The summed E-state index contributed by atoms with van der Waals surface area (Å²) >= 11 is 0. The second-order valence-corrected chi connectivity index (χ2v) is 5.13. The fourth-order valence-corrected chi connectivity index (χ4v) is 2.81. The van der Waals surface area contributed by atoms with Crippen molar-refractivity contribution < 1.29 is 14.2 Å². The first-order chi connectivity index (χ1) is 8.61. The Morgan fingerprint density at radius 1 is 1.50 bits per heavy atom. The molecular formula is C14H20FNO2. The largest absolute Gasteiger partial charge is 0.494 e. The van der Waals surface area contributed by atoms with Gasteiger partial charge in [0.1, 0.15) is 0 Å². The molecule has 0 spiro atoms. The summed E-state index contributed by atoms with van der Waals surface area (Å²) in [5, 5.41) is 9.75. The number of nitrogens with zero attached hydrogens (tertiary/aromatic N) is 1. The molecule has 3 nitrogen and oxygen atoms in total. The topological polar surface area (TPSA) is 32.7 Å². The third kappa shape index (κ3) is 2.35. The molecule has 0 aliphatic carbocycles. The second kappa shape index (κ2) is 5.24. The van der Waals surface area contributed by atoms with Crippen molar-refractivity contribution in [3.63, 3.8) is 0 Å². The van der Waals surface area contributed by atoms with Crippen LogP contribution in [0.5, 0.6) is 5.75 Å². The van der Waals surface area contributed by atoms with E-state index in [0.717, 1.165) is 31.5 Å². The fraction of sp³-hybridized carbons (Fsp3) is 0.571. The van der Waals surface area contributed by atoms with Crippen LogP contribution in [-0.4, -0.2) is 43.9 Å². The minimum Gasteiger partial charge on any atom is -0.494 e. The summed E-state index contributed by atoms with van der Waals surface area (Å²) in [6.07, 6.45) is 1.91. The van der Waals surface area contributed by atoms with Gasteiger partial charge in [-0.15, -0.1) is 0 Å². The summed E-state index contributed by atoms with van der Waals surface area (Å²) in [5.41, 5.74) is 0.509. The molecule has 1 saturated heterocycles. The molecule has 1 atom stereocenters. The van der Waals surface area contributed by atoms with E-state index in [2.05, 4.69) is 4.90 Å². The van der Waals surface area contributed by atoms with Gasteiger partial charge in [0.25, 0.3) is 0 Å². The van der Waals surface area contributed by atoms with E-state index in [1.807, 2.05) is 13.1 Å². The maximum Gasteiger partial charge on any atom is 0.165 e. The molecule has 1 aromatic carbocycles. The number of aliphatic hydroxyl groups is 1. The lowest BCUT2D eigenvalue weighted by molar-refractivity contribution is 0.104. The SMILES string of the molecule is COc1ccc(C2(CO)CCCN(C)C2)cc1F. The zero-order valence-corrected chi connectivity index (χ0v) is 10.9. The van der Waals surface area contributed by atoms with E-state index in [1.54, 1.807) is 6.07 Å². The normalized spacial score (nSPS) is 25.1. The predicted octanol–water partition coefficient (Wildman–Crippen LogP) is 1.79. The molecule has 1 aliphatic rings. The summed E-state index contributed by atoms with van der Waals surface area (Å²) in [6, 6.07) is 4.99. The Labute approximate surface area is 107 Å². The Kier molecular flexibility index (Phi) is 3.88. The first-order valence-electron chi connectivity index (χ1n) is 6.25. The highest BCUT2D eigenvalue weighted by molar-refractivity contribution is 5.35. The standard InChI is InChI=1S/C14H20FNO2/c1-16-7-3-6-14(9-16,10-17)11-4-5-13(18-2)12(15)8-11/h4-5,8,17H,3,6-7,9-10H2,1-2H3. The molecule has 0 aromatic heterocycles. The third-order valence-corrected chi connectivity index (χ3v) is 3.83. The summed E-state index contributed by atoms with van der Waals surface area (Å²) in [4.78, 5) is 2.18. The molecule has 0 bridgehead atoms. The van der Waals surface area contributed by atoms with E-state index < -0.39 is 0 Å². The quantitative estimate of drug-likeness (QED) is 0.891. The van der Waals surface area contributed by atoms with Gasteiger partial charge in [-0.05, 0) is 44.1 Å². The Hall–Kier alpha value is -1.13. The monoisotopic (exact) mass is 253 g/mol. The Balaban J connectivity index is 2.35. The molecule has 1 aliphatic heterocycles. The third-order valence-electron chi connectivity index (χ3n) is 3.83. The van der Waals surface area contributed by atoms with E-state index >= 15 is 0 Å². The van der Waals surface area contributed by atoms with E-state index in [1.165, 1.54) is 13.2 Å². The van der Waals surface area contributed by atoms with Gasteiger partial charge in [-0.25, -0.2) is 4.39 Å². The molecule has 18 heavy (non-hydrogen) atoms. The average molecular weight is 253 g/mol. The minimum absolute atomic E-state index is 0.0448. The van der Waals surface area contributed by atoms with Crippen LogP contribution in [0.2, 0.25) is 0 Å². The lowest BCUT2D eigenvalue weighted by Gasteiger charge is -2.40. The number of hydrogen-bond donors (Lipinski definition) is 1.